The molecule has 0 spiro atoms. The van der Waals surface area contributed by atoms with Gasteiger partial charge in [0.15, 0.2) is 11.0 Å². The number of fused-ring (bicyclic) bond motifs is 2. The maximum Gasteiger partial charge on any atom is 0.161 e. The lowest BCUT2D eigenvalue weighted by atomic mass is 10.0. The molecule has 0 bridgehead atoms. The molecule has 0 amide bonds. The van der Waals surface area contributed by atoms with Gasteiger partial charge in [-0.05, 0) is 36.8 Å². The van der Waals surface area contributed by atoms with Crippen molar-refractivity contribution in [2.75, 3.05) is 5.32 Å². The molecule has 4 rings (SSSR count). The number of nitrogens with zero attached hydrogens (tertiary/aromatic N) is 2. The van der Waals surface area contributed by atoms with Crippen molar-refractivity contribution >= 4 is 57.3 Å². The van der Waals surface area contributed by atoms with Crippen molar-refractivity contribution in [2.24, 2.45) is 15.7 Å². The van der Waals surface area contributed by atoms with Crippen LogP contribution in [0.1, 0.15) is 17.7 Å². The monoisotopic (exact) mass is 388 g/mol. The number of thioether (sulfide) groups is 1. The van der Waals surface area contributed by atoms with Crippen LogP contribution in [0.3, 0.4) is 0 Å². The van der Waals surface area contributed by atoms with E-state index in [2.05, 4.69) is 10.3 Å². The third-order valence-electron chi connectivity index (χ3n) is 4.06. The second kappa shape index (κ2) is 6.41. The van der Waals surface area contributed by atoms with E-state index in [1.807, 2.05) is 43.3 Å². The number of aliphatic imine (C=N–C) groups is 2. The summed E-state index contributed by atoms with van der Waals surface area (Å²) < 4.78 is 0. The van der Waals surface area contributed by atoms with E-state index in [0.29, 0.717) is 21.0 Å². The molecule has 4 nitrogen and oxygen atoms in total. The molecule has 0 aliphatic carbocycles. The molecule has 25 heavy (non-hydrogen) atoms. The molecule has 7 heteroatoms. The summed E-state index contributed by atoms with van der Waals surface area (Å²) >= 11 is 14.0. The van der Waals surface area contributed by atoms with Crippen molar-refractivity contribution in [3.63, 3.8) is 0 Å². The Morgan fingerprint density at radius 1 is 1.12 bits per heavy atom. The molecule has 0 saturated heterocycles. The highest BCUT2D eigenvalue weighted by molar-refractivity contribution is 8.14. The lowest BCUT2D eigenvalue weighted by molar-refractivity contribution is 1.13. The van der Waals surface area contributed by atoms with Crippen LogP contribution in [-0.2, 0) is 0 Å². The molecule has 0 radical (unpaired) electrons. The van der Waals surface area contributed by atoms with Gasteiger partial charge in [-0.3, -0.25) is 0 Å². The fourth-order valence-corrected chi connectivity index (χ4v) is 4.63. The van der Waals surface area contributed by atoms with Crippen molar-refractivity contribution in [1.82, 2.24) is 0 Å². The van der Waals surface area contributed by atoms with Crippen LogP contribution in [0, 0.1) is 0 Å². The highest BCUT2D eigenvalue weighted by atomic mass is 35.5. The summed E-state index contributed by atoms with van der Waals surface area (Å²) in [6, 6.07) is 13.4. The van der Waals surface area contributed by atoms with Crippen LogP contribution in [0.25, 0.3) is 0 Å². The standard InChI is InChI=1S/C18H14Cl2N4S/c1-9-15-16(11-7-6-10(19)8-12(11)20)25-18(21)24-17(15)23-14-5-3-2-4-13(14)22-9/h2-8,16,22H,1H3,(H2,21,23,24). The molecule has 2 aliphatic heterocycles. The van der Waals surface area contributed by atoms with Gasteiger partial charge in [0.25, 0.3) is 0 Å². The summed E-state index contributed by atoms with van der Waals surface area (Å²) in [5.74, 6) is 0.613. The summed E-state index contributed by atoms with van der Waals surface area (Å²) in [5.41, 5.74) is 10.7. The lowest BCUT2D eigenvalue weighted by Crippen LogP contribution is -2.23. The summed E-state index contributed by atoms with van der Waals surface area (Å²) in [6.07, 6.45) is 0. The summed E-state index contributed by atoms with van der Waals surface area (Å²) in [5, 5.41) is 4.99. The van der Waals surface area contributed by atoms with Gasteiger partial charge in [0.1, 0.15) is 0 Å². The first kappa shape index (κ1) is 16.5. The van der Waals surface area contributed by atoms with Crippen molar-refractivity contribution in [1.29, 1.82) is 0 Å². The average molecular weight is 389 g/mol. The van der Waals surface area contributed by atoms with Crippen molar-refractivity contribution in [3.05, 3.63) is 69.3 Å². The second-order valence-corrected chi connectivity index (χ2v) is 7.70. The van der Waals surface area contributed by atoms with E-state index in [9.17, 15) is 0 Å². The number of halogens is 2. The number of amidine groups is 2. The molecule has 2 heterocycles. The van der Waals surface area contributed by atoms with E-state index in [-0.39, 0.29) is 5.25 Å². The van der Waals surface area contributed by atoms with Crippen molar-refractivity contribution < 1.29 is 0 Å². The van der Waals surface area contributed by atoms with Gasteiger partial charge >= 0.3 is 0 Å². The number of allylic oxidation sites excluding steroid dienone is 1. The zero-order valence-corrected chi connectivity index (χ0v) is 15.6. The van der Waals surface area contributed by atoms with Gasteiger partial charge in [0.05, 0.1) is 16.6 Å². The SMILES string of the molecule is CC1=C2C(=Nc3ccccc3N1)N=C(N)SC2c1ccc(Cl)cc1Cl. The van der Waals surface area contributed by atoms with Crippen LogP contribution >= 0.6 is 35.0 Å². The van der Waals surface area contributed by atoms with Gasteiger partial charge in [0, 0.05) is 21.3 Å². The highest BCUT2D eigenvalue weighted by Gasteiger charge is 2.32. The highest BCUT2D eigenvalue weighted by Crippen LogP contribution is 2.46. The maximum absolute atomic E-state index is 6.46. The zero-order chi connectivity index (χ0) is 17.6. The van der Waals surface area contributed by atoms with Crippen molar-refractivity contribution in [3.8, 4) is 0 Å². The Morgan fingerprint density at radius 3 is 2.72 bits per heavy atom. The molecule has 1 unspecified atom stereocenters. The Kier molecular flexibility index (Phi) is 4.23. The van der Waals surface area contributed by atoms with Crippen LogP contribution in [0.5, 0.6) is 0 Å². The zero-order valence-electron chi connectivity index (χ0n) is 13.3. The Bertz CT molecular complexity index is 965. The number of nitrogens with one attached hydrogen (secondary N) is 1. The third kappa shape index (κ3) is 3.03. The number of hydrogen-bond donors (Lipinski definition) is 2. The van der Waals surface area contributed by atoms with E-state index in [1.54, 1.807) is 6.07 Å². The van der Waals surface area contributed by atoms with Gasteiger partial charge in [0.2, 0.25) is 0 Å². The minimum atomic E-state index is -0.108. The number of hydrogen-bond acceptors (Lipinski definition) is 5. The number of rotatable bonds is 1. The molecule has 1 atom stereocenters. The fraction of sp³-hybridized carbons (Fsp3) is 0.111. The van der Waals surface area contributed by atoms with Gasteiger partial charge in [-0.15, -0.1) is 0 Å². The van der Waals surface area contributed by atoms with Crippen LogP contribution < -0.4 is 11.1 Å². The van der Waals surface area contributed by atoms with Crippen molar-refractivity contribution in [2.45, 2.75) is 12.2 Å². The Balaban J connectivity index is 1.91. The molecule has 0 saturated carbocycles. The summed E-state index contributed by atoms with van der Waals surface area (Å²) in [6.45, 7) is 2.02. The molecular formula is C18H14Cl2N4S. The van der Waals surface area contributed by atoms with E-state index in [4.69, 9.17) is 33.9 Å². The fourth-order valence-electron chi connectivity index (χ4n) is 2.93. The minimum Gasteiger partial charge on any atom is -0.378 e. The maximum atomic E-state index is 6.46. The molecule has 2 aromatic rings. The molecule has 126 valence electrons. The van der Waals surface area contributed by atoms with Gasteiger partial charge in [-0.1, -0.05) is 53.2 Å². The van der Waals surface area contributed by atoms with Gasteiger partial charge in [-0.2, -0.15) is 0 Å². The summed E-state index contributed by atoms with van der Waals surface area (Å²) in [7, 11) is 0. The third-order valence-corrected chi connectivity index (χ3v) is 5.68. The Hall–Kier alpha value is -1.95. The first-order chi connectivity index (χ1) is 12.0. The summed E-state index contributed by atoms with van der Waals surface area (Å²) in [4.78, 5) is 9.21. The average Bonchev–Trinajstić information content (AvgIpc) is 2.69. The molecular weight excluding hydrogens is 375 g/mol. The van der Waals surface area contributed by atoms with Gasteiger partial charge < -0.3 is 11.1 Å². The topological polar surface area (TPSA) is 62.8 Å². The van der Waals surface area contributed by atoms with Crippen LogP contribution in [-0.4, -0.2) is 11.0 Å². The number of para-hydroxylation sites is 2. The van der Waals surface area contributed by atoms with E-state index >= 15 is 0 Å². The molecule has 2 aliphatic rings. The normalized spacial score (nSPS) is 19.2. The Labute approximate surface area is 159 Å². The smallest absolute Gasteiger partial charge is 0.161 e. The van der Waals surface area contributed by atoms with Gasteiger partial charge in [-0.25, -0.2) is 9.98 Å². The second-order valence-electron chi connectivity index (χ2n) is 5.73. The molecule has 2 aromatic carbocycles. The quantitative estimate of drug-likeness (QED) is 0.675. The number of nitrogens with two attached hydrogens (primary N) is 1. The molecule has 3 N–H and O–H groups in total. The first-order valence-corrected chi connectivity index (χ1v) is 9.28. The molecule has 0 aromatic heterocycles. The predicted molar refractivity (Wildman–Crippen MR) is 108 cm³/mol. The van der Waals surface area contributed by atoms with E-state index in [0.717, 1.165) is 28.2 Å². The lowest BCUT2D eigenvalue weighted by Gasteiger charge is -2.26. The first-order valence-electron chi connectivity index (χ1n) is 7.64. The van der Waals surface area contributed by atoms with Crippen LogP contribution in [0.2, 0.25) is 10.0 Å². The molecule has 0 fully saturated rings. The minimum absolute atomic E-state index is 0.108. The van der Waals surface area contributed by atoms with Crippen LogP contribution in [0.15, 0.2) is 63.7 Å². The largest absolute Gasteiger partial charge is 0.378 e. The Morgan fingerprint density at radius 2 is 1.92 bits per heavy atom. The van der Waals surface area contributed by atoms with E-state index in [1.165, 1.54) is 11.8 Å². The van der Waals surface area contributed by atoms with E-state index < -0.39 is 0 Å². The van der Waals surface area contributed by atoms with Crippen LogP contribution in [0.4, 0.5) is 11.4 Å². The number of anilines is 1. The predicted octanol–water partition coefficient (Wildman–Crippen LogP) is 5.53. The number of benzene rings is 2.